The minimum atomic E-state index is -4.42. The molecule has 0 aliphatic carbocycles. The lowest BCUT2D eigenvalue weighted by Gasteiger charge is -2.16. The molecule has 0 radical (unpaired) electrons. The highest BCUT2D eigenvalue weighted by atomic mass is 19.4. The summed E-state index contributed by atoms with van der Waals surface area (Å²) in [6, 6.07) is 11.9. The maximum Gasteiger partial charge on any atom is 0.416 e. The van der Waals surface area contributed by atoms with E-state index in [0.717, 1.165) is 17.7 Å². The van der Waals surface area contributed by atoms with E-state index in [2.05, 4.69) is 15.6 Å². The van der Waals surface area contributed by atoms with Crippen LogP contribution >= 0.6 is 0 Å². The zero-order chi connectivity index (χ0) is 24.4. The average Bonchev–Trinajstić information content (AvgIpc) is 2.79. The molecule has 0 fully saturated rings. The van der Waals surface area contributed by atoms with Crippen LogP contribution in [0.3, 0.4) is 0 Å². The number of methoxy groups -OCH3 is 1. The smallest absolute Gasteiger partial charge is 0.416 e. The summed E-state index contributed by atoms with van der Waals surface area (Å²) in [6.45, 7) is 2.20. The number of aliphatic hydroxyl groups is 1. The van der Waals surface area contributed by atoms with E-state index < -0.39 is 23.8 Å². The molecular formula is C24H29F3N2O4. The van der Waals surface area contributed by atoms with Gasteiger partial charge in [-0.15, -0.1) is 0 Å². The maximum atomic E-state index is 12.8. The highest BCUT2D eigenvalue weighted by Crippen LogP contribution is 2.29. The lowest BCUT2D eigenvalue weighted by atomic mass is 9.97. The highest BCUT2D eigenvalue weighted by Gasteiger charge is 2.30. The van der Waals surface area contributed by atoms with E-state index in [1.807, 2.05) is 12.1 Å². The third-order valence-electron chi connectivity index (χ3n) is 5.23. The zero-order valence-electron chi connectivity index (χ0n) is 18.6. The van der Waals surface area contributed by atoms with Crippen molar-refractivity contribution in [2.45, 2.75) is 44.9 Å². The van der Waals surface area contributed by atoms with Crippen molar-refractivity contribution in [1.82, 2.24) is 10.9 Å². The lowest BCUT2D eigenvalue weighted by molar-refractivity contribution is -0.137. The number of hydrogen-bond donors (Lipinski definition) is 3. The Balaban J connectivity index is 1.68. The molecule has 0 heterocycles. The van der Waals surface area contributed by atoms with Gasteiger partial charge < -0.3 is 9.84 Å². The van der Waals surface area contributed by atoms with Crippen LogP contribution in [-0.4, -0.2) is 36.7 Å². The van der Waals surface area contributed by atoms with Crippen LogP contribution in [0, 0.1) is 5.92 Å². The Morgan fingerprint density at radius 3 is 2.39 bits per heavy atom. The molecule has 0 saturated carbocycles. The molecule has 2 aromatic carbocycles. The summed E-state index contributed by atoms with van der Waals surface area (Å²) in [6.07, 6.45) is -3.87. The van der Waals surface area contributed by atoms with Crippen molar-refractivity contribution < 1.29 is 32.6 Å². The largest absolute Gasteiger partial charge is 0.465 e. The van der Waals surface area contributed by atoms with Crippen LogP contribution in [0.4, 0.5) is 13.2 Å². The summed E-state index contributed by atoms with van der Waals surface area (Å²) in [5, 5.41) is 10.2. The summed E-state index contributed by atoms with van der Waals surface area (Å²) < 4.78 is 43.1. The number of benzene rings is 2. The van der Waals surface area contributed by atoms with Crippen LogP contribution in [0.1, 0.15) is 46.8 Å². The molecule has 0 bridgehead atoms. The van der Waals surface area contributed by atoms with Gasteiger partial charge in [-0.05, 0) is 55.0 Å². The lowest BCUT2D eigenvalue weighted by Crippen LogP contribution is -2.41. The number of hydrogen-bond acceptors (Lipinski definition) is 5. The molecule has 2 atom stereocenters. The molecule has 2 rings (SSSR count). The fourth-order valence-corrected chi connectivity index (χ4v) is 3.23. The first kappa shape index (κ1) is 26.3. The van der Waals surface area contributed by atoms with E-state index in [4.69, 9.17) is 0 Å². The number of alkyl halides is 3. The van der Waals surface area contributed by atoms with Crippen LogP contribution in [0.15, 0.2) is 48.5 Å². The number of ether oxygens (including phenoxy) is 1. The molecule has 1 amide bonds. The van der Waals surface area contributed by atoms with Crippen molar-refractivity contribution >= 4 is 11.9 Å². The number of aliphatic hydroxyl groups excluding tert-OH is 1. The molecule has 0 aliphatic heterocycles. The second-order valence-corrected chi connectivity index (χ2v) is 7.89. The molecule has 0 aliphatic rings. The number of esters is 1. The standard InChI is InChI=1S/C24H29F3N2O4/c1-16(6-11-21(30)15-18-4-3-5-20(14-18)24(25,26)27)22(31)29-28-13-12-17-7-9-19(10-8-17)23(32)33-2/h3-5,7-10,14,16,21,28,30H,6,11-13,15H2,1-2H3,(H,29,31). The summed E-state index contributed by atoms with van der Waals surface area (Å²) >= 11 is 0. The van der Waals surface area contributed by atoms with E-state index in [1.54, 1.807) is 25.1 Å². The van der Waals surface area contributed by atoms with Crippen LogP contribution in [0.5, 0.6) is 0 Å². The minimum Gasteiger partial charge on any atom is -0.465 e. The Morgan fingerprint density at radius 1 is 1.06 bits per heavy atom. The number of amides is 1. The zero-order valence-corrected chi connectivity index (χ0v) is 18.6. The Labute approximate surface area is 191 Å². The fourth-order valence-electron chi connectivity index (χ4n) is 3.23. The number of rotatable bonds is 11. The topological polar surface area (TPSA) is 87.7 Å². The van der Waals surface area contributed by atoms with E-state index in [-0.39, 0.29) is 24.7 Å². The first-order valence-corrected chi connectivity index (χ1v) is 10.6. The monoisotopic (exact) mass is 466 g/mol. The SMILES string of the molecule is COC(=O)c1ccc(CCNNC(=O)C(C)CCC(O)Cc2cccc(C(F)(F)F)c2)cc1. The Kier molecular flexibility index (Phi) is 9.87. The number of halogens is 3. The van der Waals surface area contributed by atoms with Gasteiger partial charge in [-0.2, -0.15) is 13.2 Å². The van der Waals surface area contributed by atoms with Crippen molar-refractivity contribution in [3.05, 3.63) is 70.8 Å². The predicted octanol–water partition coefficient (Wildman–Crippen LogP) is 3.68. The van der Waals surface area contributed by atoms with Crippen LogP contribution in [-0.2, 0) is 28.5 Å². The van der Waals surface area contributed by atoms with Crippen LogP contribution < -0.4 is 10.9 Å². The first-order chi connectivity index (χ1) is 15.6. The van der Waals surface area contributed by atoms with E-state index in [1.165, 1.54) is 13.2 Å². The molecule has 3 N–H and O–H groups in total. The van der Waals surface area contributed by atoms with E-state index in [9.17, 15) is 27.9 Å². The van der Waals surface area contributed by atoms with Crippen LogP contribution in [0.25, 0.3) is 0 Å². The van der Waals surface area contributed by atoms with Crippen molar-refractivity contribution in [3.63, 3.8) is 0 Å². The van der Waals surface area contributed by atoms with Gasteiger partial charge in [0.15, 0.2) is 0 Å². The first-order valence-electron chi connectivity index (χ1n) is 10.6. The van der Waals surface area contributed by atoms with Gasteiger partial charge in [0, 0.05) is 12.5 Å². The molecule has 9 heteroatoms. The molecule has 180 valence electrons. The van der Waals surface area contributed by atoms with Crippen molar-refractivity contribution in [2.24, 2.45) is 5.92 Å². The molecule has 0 saturated heterocycles. The van der Waals surface area contributed by atoms with Crippen LogP contribution in [0.2, 0.25) is 0 Å². The fraction of sp³-hybridized carbons (Fsp3) is 0.417. The van der Waals surface area contributed by atoms with E-state index >= 15 is 0 Å². The van der Waals surface area contributed by atoms with Gasteiger partial charge in [-0.3, -0.25) is 10.2 Å². The summed E-state index contributed by atoms with van der Waals surface area (Å²) in [4.78, 5) is 23.6. The van der Waals surface area contributed by atoms with Gasteiger partial charge in [0.1, 0.15) is 0 Å². The molecule has 33 heavy (non-hydrogen) atoms. The maximum absolute atomic E-state index is 12.8. The molecule has 0 spiro atoms. The normalized spacial score (nSPS) is 13.3. The number of hydrazine groups is 1. The Bertz CT molecular complexity index is 917. The number of carbonyl (C=O) groups is 2. The minimum absolute atomic E-state index is 0.0886. The third kappa shape index (κ3) is 8.86. The molecule has 0 aromatic heterocycles. The van der Waals surface area contributed by atoms with Gasteiger partial charge in [-0.1, -0.05) is 37.3 Å². The third-order valence-corrected chi connectivity index (χ3v) is 5.23. The second kappa shape index (κ2) is 12.4. The summed E-state index contributed by atoms with van der Waals surface area (Å²) in [5.41, 5.74) is 6.57. The molecule has 2 aromatic rings. The molecular weight excluding hydrogens is 437 g/mol. The summed E-state index contributed by atoms with van der Waals surface area (Å²) in [5.74, 6) is -1.02. The Morgan fingerprint density at radius 2 is 1.76 bits per heavy atom. The van der Waals surface area contributed by atoms with Gasteiger partial charge >= 0.3 is 12.1 Å². The molecule has 2 unspecified atom stereocenters. The van der Waals surface area contributed by atoms with Gasteiger partial charge in [0.05, 0.1) is 24.3 Å². The molecule has 6 nitrogen and oxygen atoms in total. The average molecular weight is 467 g/mol. The van der Waals surface area contributed by atoms with Crippen molar-refractivity contribution in [1.29, 1.82) is 0 Å². The van der Waals surface area contributed by atoms with Gasteiger partial charge in [0.2, 0.25) is 5.91 Å². The quantitative estimate of drug-likeness (QED) is 0.267. The van der Waals surface area contributed by atoms with Crippen molar-refractivity contribution in [3.8, 4) is 0 Å². The predicted molar refractivity (Wildman–Crippen MR) is 117 cm³/mol. The summed E-state index contributed by atoms with van der Waals surface area (Å²) in [7, 11) is 1.32. The van der Waals surface area contributed by atoms with Crippen molar-refractivity contribution in [2.75, 3.05) is 13.7 Å². The van der Waals surface area contributed by atoms with E-state index in [0.29, 0.717) is 30.5 Å². The highest BCUT2D eigenvalue weighted by molar-refractivity contribution is 5.89. The second-order valence-electron chi connectivity index (χ2n) is 7.89. The van der Waals surface area contributed by atoms with Gasteiger partial charge in [0.25, 0.3) is 0 Å². The number of nitrogens with one attached hydrogen (secondary N) is 2. The number of carbonyl (C=O) groups excluding carboxylic acids is 2. The van der Waals surface area contributed by atoms with Gasteiger partial charge in [-0.25, -0.2) is 10.2 Å². The Hall–Kier alpha value is -2.91.